The fraction of sp³-hybridized carbons (Fsp3) is 0.381. The van der Waals surface area contributed by atoms with Crippen LogP contribution in [0.5, 0.6) is 11.5 Å². The molecular formula is C21H25FN2O3. The van der Waals surface area contributed by atoms with Gasteiger partial charge in [0.2, 0.25) is 0 Å². The molecule has 0 unspecified atom stereocenters. The third-order valence-corrected chi connectivity index (χ3v) is 5.13. The Hall–Kier alpha value is -2.76. The Bertz CT molecular complexity index is 804. The summed E-state index contributed by atoms with van der Waals surface area (Å²) in [5.41, 5.74) is 1.87. The fourth-order valence-corrected chi connectivity index (χ4v) is 3.23. The number of hydrogen-bond acceptors (Lipinski definition) is 3. The number of hydrogen-bond donors (Lipinski definition) is 1. The van der Waals surface area contributed by atoms with E-state index in [1.165, 1.54) is 12.1 Å². The van der Waals surface area contributed by atoms with Crippen LogP contribution in [-0.2, 0) is 12.0 Å². The van der Waals surface area contributed by atoms with Gasteiger partial charge in [-0.25, -0.2) is 9.18 Å². The summed E-state index contributed by atoms with van der Waals surface area (Å²) >= 11 is 0. The largest absolute Gasteiger partial charge is 0.497 e. The summed E-state index contributed by atoms with van der Waals surface area (Å²) < 4.78 is 23.8. The van der Waals surface area contributed by atoms with Gasteiger partial charge in [-0.15, -0.1) is 0 Å². The van der Waals surface area contributed by atoms with E-state index in [0.717, 1.165) is 24.0 Å². The molecule has 0 atom stereocenters. The SMILES string of the molecule is COc1ccc(OC)c(CN(C)C(=O)NCC2(c3ccc(F)cc3)CC2)c1. The Labute approximate surface area is 159 Å². The molecule has 2 aromatic carbocycles. The number of amides is 2. The molecule has 144 valence electrons. The van der Waals surface area contributed by atoms with Crippen molar-refractivity contribution in [3.8, 4) is 11.5 Å². The van der Waals surface area contributed by atoms with Crippen LogP contribution in [0.4, 0.5) is 9.18 Å². The zero-order valence-electron chi connectivity index (χ0n) is 15.9. The van der Waals surface area contributed by atoms with Crippen LogP contribution in [0.2, 0.25) is 0 Å². The first-order valence-electron chi connectivity index (χ1n) is 8.93. The average Bonchev–Trinajstić information content (AvgIpc) is 3.47. The highest BCUT2D eigenvalue weighted by atomic mass is 19.1. The van der Waals surface area contributed by atoms with Crippen molar-refractivity contribution >= 4 is 6.03 Å². The number of rotatable bonds is 7. The van der Waals surface area contributed by atoms with Gasteiger partial charge in [0, 0.05) is 24.6 Å². The van der Waals surface area contributed by atoms with E-state index in [1.54, 1.807) is 38.3 Å². The lowest BCUT2D eigenvalue weighted by Gasteiger charge is -2.22. The summed E-state index contributed by atoms with van der Waals surface area (Å²) in [6.45, 7) is 0.937. The molecule has 0 spiro atoms. The fourth-order valence-electron chi connectivity index (χ4n) is 3.23. The summed E-state index contributed by atoms with van der Waals surface area (Å²) in [6, 6.07) is 11.9. The second kappa shape index (κ2) is 7.86. The molecule has 27 heavy (non-hydrogen) atoms. The predicted molar refractivity (Wildman–Crippen MR) is 102 cm³/mol. The molecule has 1 N–H and O–H groups in total. The summed E-state index contributed by atoms with van der Waals surface area (Å²) in [5, 5.41) is 3.01. The lowest BCUT2D eigenvalue weighted by Crippen LogP contribution is -2.40. The van der Waals surface area contributed by atoms with Gasteiger partial charge >= 0.3 is 6.03 Å². The normalized spacial score (nSPS) is 14.4. The van der Waals surface area contributed by atoms with Gasteiger partial charge in [-0.3, -0.25) is 0 Å². The second-order valence-corrected chi connectivity index (χ2v) is 6.98. The lowest BCUT2D eigenvalue weighted by molar-refractivity contribution is 0.205. The Morgan fingerprint density at radius 3 is 2.44 bits per heavy atom. The molecule has 0 aromatic heterocycles. The van der Waals surface area contributed by atoms with Crippen LogP contribution in [0.1, 0.15) is 24.0 Å². The molecule has 2 aromatic rings. The van der Waals surface area contributed by atoms with Crippen molar-refractivity contribution in [1.82, 2.24) is 10.2 Å². The maximum Gasteiger partial charge on any atom is 0.317 e. The summed E-state index contributed by atoms with van der Waals surface area (Å²) in [5.74, 6) is 1.18. The molecule has 2 amide bonds. The first kappa shape index (κ1) is 19.0. The van der Waals surface area contributed by atoms with Crippen molar-refractivity contribution in [1.29, 1.82) is 0 Å². The molecule has 3 rings (SSSR count). The minimum Gasteiger partial charge on any atom is -0.497 e. The zero-order valence-corrected chi connectivity index (χ0v) is 15.9. The second-order valence-electron chi connectivity index (χ2n) is 6.98. The van der Waals surface area contributed by atoms with Gasteiger partial charge < -0.3 is 19.7 Å². The Kier molecular flexibility index (Phi) is 5.54. The molecule has 0 aliphatic heterocycles. The zero-order chi connectivity index (χ0) is 19.4. The molecule has 1 aliphatic carbocycles. The van der Waals surface area contributed by atoms with Crippen LogP contribution in [0.3, 0.4) is 0 Å². The quantitative estimate of drug-likeness (QED) is 0.806. The Morgan fingerprint density at radius 1 is 1.15 bits per heavy atom. The highest BCUT2D eigenvalue weighted by molar-refractivity contribution is 5.74. The van der Waals surface area contributed by atoms with Crippen molar-refractivity contribution in [3.05, 3.63) is 59.4 Å². The Balaban J connectivity index is 1.61. The van der Waals surface area contributed by atoms with Crippen LogP contribution >= 0.6 is 0 Å². The number of halogens is 1. The van der Waals surface area contributed by atoms with Crippen molar-refractivity contribution in [2.75, 3.05) is 27.8 Å². The highest BCUT2D eigenvalue weighted by Gasteiger charge is 2.44. The van der Waals surface area contributed by atoms with Crippen LogP contribution < -0.4 is 14.8 Å². The predicted octanol–water partition coefficient (Wildman–Crippen LogP) is 3.72. The molecule has 1 fully saturated rings. The van der Waals surface area contributed by atoms with E-state index < -0.39 is 0 Å². The number of methoxy groups -OCH3 is 2. The van der Waals surface area contributed by atoms with Crippen LogP contribution in [0, 0.1) is 5.82 Å². The molecule has 6 heteroatoms. The molecule has 0 heterocycles. The topological polar surface area (TPSA) is 50.8 Å². The van der Waals surface area contributed by atoms with Gasteiger partial charge in [-0.2, -0.15) is 0 Å². The number of carbonyl (C=O) groups excluding carboxylic acids is 1. The maximum atomic E-state index is 13.1. The van der Waals surface area contributed by atoms with Crippen molar-refractivity contribution in [2.24, 2.45) is 0 Å². The number of ether oxygens (including phenoxy) is 2. The smallest absolute Gasteiger partial charge is 0.317 e. The number of benzene rings is 2. The Morgan fingerprint density at radius 2 is 1.85 bits per heavy atom. The van der Waals surface area contributed by atoms with Crippen molar-refractivity contribution in [3.63, 3.8) is 0 Å². The first-order valence-corrected chi connectivity index (χ1v) is 8.93. The minimum atomic E-state index is -0.245. The number of urea groups is 1. The van der Waals surface area contributed by atoms with Gasteiger partial charge in [0.15, 0.2) is 0 Å². The number of carbonyl (C=O) groups is 1. The third-order valence-electron chi connectivity index (χ3n) is 5.13. The maximum absolute atomic E-state index is 13.1. The molecule has 0 radical (unpaired) electrons. The summed E-state index contributed by atoms with van der Waals surface area (Å²) in [4.78, 5) is 14.2. The van der Waals surface area contributed by atoms with Crippen LogP contribution in [0.25, 0.3) is 0 Å². The number of nitrogens with one attached hydrogen (secondary N) is 1. The van der Waals surface area contributed by atoms with E-state index >= 15 is 0 Å². The average molecular weight is 372 g/mol. The van der Waals surface area contributed by atoms with Gasteiger partial charge in [0.25, 0.3) is 0 Å². The first-order chi connectivity index (χ1) is 13.0. The minimum absolute atomic E-state index is 0.0716. The molecule has 1 aliphatic rings. The van der Waals surface area contributed by atoms with Crippen molar-refractivity contribution < 1.29 is 18.7 Å². The van der Waals surface area contributed by atoms with Gasteiger partial charge in [-0.1, -0.05) is 12.1 Å². The summed E-state index contributed by atoms with van der Waals surface area (Å²) in [6.07, 6.45) is 1.98. The number of nitrogens with zero attached hydrogens (tertiary/aromatic N) is 1. The highest BCUT2D eigenvalue weighted by Crippen LogP contribution is 2.47. The molecular weight excluding hydrogens is 347 g/mol. The van der Waals surface area contributed by atoms with E-state index in [0.29, 0.717) is 24.6 Å². The van der Waals surface area contributed by atoms with Crippen LogP contribution in [0.15, 0.2) is 42.5 Å². The van der Waals surface area contributed by atoms with Crippen molar-refractivity contribution in [2.45, 2.75) is 24.8 Å². The third kappa shape index (κ3) is 4.32. The molecule has 0 saturated heterocycles. The summed E-state index contributed by atoms with van der Waals surface area (Å²) in [7, 11) is 4.95. The van der Waals surface area contributed by atoms with E-state index in [1.807, 2.05) is 18.2 Å². The molecule has 5 nitrogen and oxygen atoms in total. The lowest BCUT2D eigenvalue weighted by atomic mass is 9.96. The van der Waals surface area contributed by atoms with E-state index in [9.17, 15) is 9.18 Å². The van der Waals surface area contributed by atoms with E-state index in [4.69, 9.17) is 9.47 Å². The van der Waals surface area contributed by atoms with E-state index in [-0.39, 0.29) is 17.3 Å². The van der Waals surface area contributed by atoms with Gasteiger partial charge in [-0.05, 0) is 48.7 Å². The molecule has 1 saturated carbocycles. The monoisotopic (exact) mass is 372 g/mol. The standard InChI is InChI=1S/C21H25FN2O3/c1-24(13-15-12-18(26-2)8-9-19(15)27-3)20(25)23-14-21(10-11-21)16-4-6-17(22)7-5-16/h4-9,12H,10-11,13-14H2,1-3H3,(H,23,25). The molecule has 0 bridgehead atoms. The van der Waals surface area contributed by atoms with E-state index in [2.05, 4.69) is 5.32 Å². The van der Waals surface area contributed by atoms with Crippen LogP contribution in [-0.4, -0.2) is 38.7 Å². The van der Waals surface area contributed by atoms with Gasteiger partial charge in [0.05, 0.1) is 20.8 Å². The van der Waals surface area contributed by atoms with Gasteiger partial charge in [0.1, 0.15) is 17.3 Å².